The Morgan fingerprint density at radius 3 is 2.68 bits per heavy atom. The van der Waals surface area contributed by atoms with E-state index in [1.165, 1.54) is 5.56 Å². The summed E-state index contributed by atoms with van der Waals surface area (Å²) in [4.78, 5) is 3.19. The lowest BCUT2D eigenvalue weighted by atomic mass is 10.2. The molecule has 114 valence electrons. The monoisotopic (exact) mass is 377 g/mol. The molecule has 6 heteroatoms. The van der Waals surface area contributed by atoms with Crippen molar-refractivity contribution in [3.8, 4) is 10.8 Å². The van der Waals surface area contributed by atoms with Crippen molar-refractivity contribution >= 4 is 27.3 Å². The van der Waals surface area contributed by atoms with E-state index in [-0.39, 0.29) is 6.04 Å². The van der Waals surface area contributed by atoms with Crippen molar-refractivity contribution in [2.24, 2.45) is 0 Å². The molecule has 2 heterocycles. The van der Waals surface area contributed by atoms with Gasteiger partial charge < -0.3 is 4.42 Å². The van der Waals surface area contributed by atoms with Crippen molar-refractivity contribution in [2.75, 3.05) is 7.05 Å². The smallest absolute Gasteiger partial charge is 0.257 e. The molecular formula is C16H16BrN3OS. The summed E-state index contributed by atoms with van der Waals surface area (Å²) in [5.41, 5.74) is 1.25. The van der Waals surface area contributed by atoms with Crippen LogP contribution in [0.3, 0.4) is 0 Å². The van der Waals surface area contributed by atoms with Crippen LogP contribution in [0.15, 0.2) is 50.7 Å². The second-order valence-electron chi connectivity index (χ2n) is 5.14. The van der Waals surface area contributed by atoms with Crippen molar-refractivity contribution in [3.05, 3.63) is 57.7 Å². The standard InChI is InChI=1S/C16H16BrN3OS/c1-11(20(2)10-12-5-7-13(17)8-6-12)15-18-19-16(21-15)14-4-3-9-22-14/h3-9,11H,10H2,1-2H3/t11-/m0/s1. The van der Waals surface area contributed by atoms with Gasteiger partial charge in [-0.2, -0.15) is 0 Å². The molecule has 1 atom stereocenters. The van der Waals surface area contributed by atoms with Gasteiger partial charge in [0.25, 0.3) is 5.89 Å². The quantitative estimate of drug-likeness (QED) is 0.642. The average Bonchev–Trinajstić information content (AvgIpc) is 3.19. The van der Waals surface area contributed by atoms with Gasteiger partial charge in [0, 0.05) is 11.0 Å². The van der Waals surface area contributed by atoms with Gasteiger partial charge in [0.15, 0.2) is 0 Å². The normalized spacial score (nSPS) is 12.7. The maximum absolute atomic E-state index is 5.81. The number of aromatic nitrogens is 2. The van der Waals surface area contributed by atoms with Crippen LogP contribution in [-0.2, 0) is 6.54 Å². The highest BCUT2D eigenvalue weighted by molar-refractivity contribution is 9.10. The first-order valence-electron chi connectivity index (χ1n) is 6.95. The van der Waals surface area contributed by atoms with E-state index in [0.29, 0.717) is 11.8 Å². The van der Waals surface area contributed by atoms with E-state index in [0.717, 1.165) is 15.9 Å². The molecule has 0 radical (unpaired) electrons. The summed E-state index contributed by atoms with van der Waals surface area (Å²) in [5.74, 6) is 1.23. The fourth-order valence-corrected chi connectivity index (χ4v) is 3.02. The summed E-state index contributed by atoms with van der Waals surface area (Å²) in [6.07, 6.45) is 0. The molecule has 0 aliphatic rings. The fourth-order valence-electron chi connectivity index (χ4n) is 2.11. The predicted octanol–water partition coefficient (Wildman–Crippen LogP) is 4.75. The Morgan fingerprint density at radius 2 is 2.00 bits per heavy atom. The molecule has 4 nitrogen and oxygen atoms in total. The minimum Gasteiger partial charge on any atom is -0.418 e. The predicted molar refractivity (Wildman–Crippen MR) is 91.6 cm³/mol. The summed E-state index contributed by atoms with van der Waals surface area (Å²) >= 11 is 5.05. The number of halogens is 1. The molecule has 0 bridgehead atoms. The second-order valence-corrected chi connectivity index (χ2v) is 7.00. The lowest BCUT2D eigenvalue weighted by molar-refractivity contribution is 0.218. The van der Waals surface area contributed by atoms with Crippen LogP contribution in [0.4, 0.5) is 0 Å². The van der Waals surface area contributed by atoms with Gasteiger partial charge in [-0.15, -0.1) is 21.5 Å². The van der Waals surface area contributed by atoms with Crippen LogP contribution < -0.4 is 0 Å². The zero-order valence-corrected chi connectivity index (χ0v) is 14.8. The summed E-state index contributed by atoms with van der Waals surface area (Å²) in [7, 11) is 2.06. The zero-order chi connectivity index (χ0) is 15.5. The van der Waals surface area contributed by atoms with Gasteiger partial charge in [-0.25, -0.2) is 0 Å². The van der Waals surface area contributed by atoms with Gasteiger partial charge in [0.1, 0.15) is 0 Å². The van der Waals surface area contributed by atoms with Gasteiger partial charge in [-0.1, -0.05) is 34.1 Å². The molecule has 3 rings (SSSR count). The molecule has 1 aromatic carbocycles. The van der Waals surface area contributed by atoms with E-state index >= 15 is 0 Å². The minimum absolute atomic E-state index is 0.0601. The Morgan fingerprint density at radius 1 is 1.23 bits per heavy atom. The van der Waals surface area contributed by atoms with Gasteiger partial charge in [-0.3, -0.25) is 4.90 Å². The minimum atomic E-state index is 0.0601. The van der Waals surface area contributed by atoms with Gasteiger partial charge in [0.05, 0.1) is 10.9 Å². The molecule has 0 N–H and O–H groups in total. The van der Waals surface area contributed by atoms with Gasteiger partial charge >= 0.3 is 0 Å². The maximum atomic E-state index is 5.81. The number of nitrogens with zero attached hydrogens (tertiary/aromatic N) is 3. The molecule has 2 aromatic heterocycles. The first-order chi connectivity index (χ1) is 10.6. The van der Waals surface area contributed by atoms with Crippen LogP contribution in [0.5, 0.6) is 0 Å². The molecule has 0 unspecified atom stereocenters. The summed E-state index contributed by atoms with van der Waals surface area (Å²) in [5, 5.41) is 10.3. The first kappa shape index (κ1) is 15.4. The first-order valence-corrected chi connectivity index (χ1v) is 8.62. The molecule has 0 spiro atoms. The SMILES string of the molecule is C[C@@H](c1nnc(-c2cccs2)o1)N(C)Cc1ccc(Br)cc1. The van der Waals surface area contributed by atoms with E-state index in [1.807, 2.05) is 17.5 Å². The highest BCUT2D eigenvalue weighted by atomic mass is 79.9. The highest BCUT2D eigenvalue weighted by Gasteiger charge is 2.19. The van der Waals surface area contributed by atoms with E-state index in [1.54, 1.807) is 11.3 Å². The van der Waals surface area contributed by atoms with Gasteiger partial charge in [-0.05, 0) is 43.1 Å². The number of hydrogen-bond acceptors (Lipinski definition) is 5. The van der Waals surface area contributed by atoms with Crippen LogP contribution in [-0.4, -0.2) is 22.1 Å². The summed E-state index contributed by atoms with van der Waals surface area (Å²) < 4.78 is 6.89. The van der Waals surface area contributed by atoms with E-state index in [9.17, 15) is 0 Å². The third-order valence-electron chi connectivity index (χ3n) is 3.54. The molecular weight excluding hydrogens is 362 g/mol. The third kappa shape index (κ3) is 3.45. The van der Waals surface area contributed by atoms with E-state index in [4.69, 9.17) is 4.42 Å². The number of thiophene rings is 1. The number of rotatable bonds is 5. The average molecular weight is 378 g/mol. The van der Waals surface area contributed by atoms with Crippen LogP contribution in [0.2, 0.25) is 0 Å². The van der Waals surface area contributed by atoms with Crippen LogP contribution in [0, 0.1) is 0 Å². The van der Waals surface area contributed by atoms with E-state index < -0.39 is 0 Å². The molecule has 0 amide bonds. The molecule has 0 saturated heterocycles. The van der Waals surface area contributed by atoms with E-state index in [2.05, 4.69) is 69.3 Å². The fraction of sp³-hybridized carbons (Fsp3) is 0.250. The summed E-state index contributed by atoms with van der Waals surface area (Å²) in [6, 6.07) is 12.3. The topological polar surface area (TPSA) is 42.2 Å². The largest absolute Gasteiger partial charge is 0.418 e. The Hall–Kier alpha value is -1.50. The molecule has 0 fully saturated rings. The molecule has 0 saturated carbocycles. The third-order valence-corrected chi connectivity index (χ3v) is 4.92. The Bertz CT molecular complexity index is 724. The summed E-state index contributed by atoms with van der Waals surface area (Å²) in [6.45, 7) is 2.90. The Balaban J connectivity index is 1.70. The Labute approximate surface area is 141 Å². The van der Waals surface area contributed by atoms with Crippen molar-refractivity contribution in [2.45, 2.75) is 19.5 Å². The van der Waals surface area contributed by atoms with Crippen LogP contribution >= 0.6 is 27.3 Å². The molecule has 3 aromatic rings. The van der Waals surface area contributed by atoms with Crippen molar-refractivity contribution < 1.29 is 4.42 Å². The van der Waals surface area contributed by atoms with Crippen molar-refractivity contribution in [1.82, 2.24) is 15.1 Å². The number of hydrogen-bond donors (Lipinski definition) is 0. The maximum Gasteiger partial charge on any atom is 0.257 e. The number of benzene rings is 1. The highest BCUT2D eigenvalue weighted by Crippen LogP contribution is 2.27. The van der Waals surface area contributed by atoms with Crippen molar-refractivity contribution in [3.63, 3.8) is 0 Å². The zero-order valence-electron chi connectivity index (χ0n) is 12.4. The van der Waals surface area contributed by atoms with Crippen LogP contribution in [0.25, 0.3) is 10.8 Å². The van der Waals surface area contributed by atoms with Gasteiger partial charge in [0.2, 0.25) is 5.89 Å². The molecule has 0 aliphatic heterocycles. The molecule has 0 aliphatic carbocycles. The second kappa shape index (κ2) is 6.73. The van der Waals surface area contributed by atoms with Crippen molar-refractivity contribution in [1.29, 1.82) is 0 Å². The lowest BCUT2D eigenvalue weighted by Crippen LogP contribution is -2.22. The molecule has 22 heavy (non-hydrogen) atoms. The lowest BCUT2D eigenvalue weighted by Gasteiger charge is -2.21. The Kier molecular flexibility index (Phi) is 4.71. The van der Waals surface area contributed by atoms with Crippen LogP contribution in [0.1, 0.15) is 24.4 Å².